The number of aryl methyl sites for hydroxylation is 1. The van der Waals surface area contributed by atoms with E-state index >= 15 is 0 Å². The molecule has 3 nitrogen and oxygen atoms in total. The molecule has 0 radical (unpaired) electrons. The molecule has 70 valence electrons. The summed E-state index contributed by atoms with van der Waals surface area (Å²) >= 11 is 0. The van der Waals surface area contributed by atoms with Crippen LogP contribution in [0.1, 0.15) is 18.5 Å². The minimum Gasteiger partial charge on any atom is -0.308 e. The number of nitrogens with one attached hydrogen (secondary N) is 1. The zero-order valence-corrected chi connectivity index (χ0v) is 7.90. The van der Waals surface area contributed by atoms with E-state index in [-0.39, 0.29) is 0 Å². The molecule has 2 rings (SSSR count). The van der Waals surface area contributed by atoms with E-state index in [1.54, 1.807) is 0 Å². The molecule has 0 saturated heterocycles. The SMILES string of the molecule is Cn1nccc1CNC1CC=CC1. The van der Waals surface area contributed by atoms with E-state index in [2.05, 4.69) is 28.6 Å². The minimum atomic E-state index is 0.634. The standard InChI is InChI=1S/C10H15N3/c1-13-10(6-7-12-13)8-11-9-4-2-3-5-9/h2-3,6-7,9,11H,4-5,8H2,1H3. The average Bonchev–Trinajstić information content (AvgIpc) is 2.72. The van der Waals surface area contributed by atoms with Gasteiger partial charge in [0.25, 0.3) is 0 Å². The Labute approximate surface area is 78.4 Å². The van der Waals surface area contributed by atoms with Gasteiger partial charge in [0, 0.05) is 25.8 Å². The highest BCUT2D eigenvalue weighted by Crippen LogP contribution is 2.09. The van der Waals surface area contributed by atoms with Gasteiger partial charge in [-0.15, -0.1) is 0 Å². The predicted molar refractivity (Wildman–Crippen MR) is 52.2 cm³/mol. The lowest BCUT2D eigenvalue weighted by Crippen LogP contribution is -2.26. The topological polar surface area (TPSA) is 29.9 Å². The molecule has 13 heavy (non-hydrogen) atoms. The zero-order chi connectivity index (χ0) is 9.10. The smallest absolute Gasteiger partial charge is 0.0518 e. The number of hydrogen-bond acceptors (Lipinski definition) is 2. The highest BCUT2D eigenvalue weighted by atomic mass is 15.3. The molecule has 1 aliphatic carbocycles. The lowest BCUT2D eigenvalue weighted by atomic mass is 10.2. The summed E-state index contributed by atoms with van der Waals surface area (Å²) in [6.07, 6.45) is 8.64. The van der Waals surface area contributed by atoms with Crippen molar-refractivity contribution in [1.82, 2.24) is 15.1 Å². The molecule has 0 atom stereocenters. The monoisotopic (exact) mass is 177 g/mol. The molecule has 0 amide bonds. The van der Waals surface area contributed by atoms with Crippen molar-refractivity contribution in [2.24, 2.45) is 7.05 Å². The average molecular weight is 177 g/mol. The van der Waals surface area contributed by atoms with Gasteiger partial charge < -0.3 is 5.32 Å². The first-order chi connectivity index (χ1) is 6.36. The largest absolute Gasteiger partial charge is 0.308 e. The molecule has 0 unspecified atom stereocenters. The van der Waals surface area contributed by atoms with Crippen LogP contribution in [-0.2, 0) is 13.6 Å². The van der Waals surface area contributed by atoms with Crippen LogP contribution in [0.4, 0.5) is 0 Å². The van der Waals surface area contributed by atoms with Gasteiger partial charge in [-0.2, -0.15) is 5.10 Å². The van der Waals surface area contributed by atoms with Gasteiger partial charge in [0.1, 0.15) is 0 Å². The van der Waals surface area contributed by atoms with Crippen LogP contribution in [-0.4, -0.2) is 15.8 Å². The quantitative estimate of drug-likeness (QED) is 0.704. The molecule has 1 heterocycles. The summed E-state index contributed by atoms with van der Waals surface area (Å²) in [6.45, 7) is 0.919. The van der Waals surface area contributed by atoms with Crippen LogP contribution in [0.25, 0.3) is 0 Å². The first-order valence-corrected chi connectivity index (χ1v) is 4.71. The van der Waals surface area contributed by atoms with Crippen LogP contribution in [0.3, 0.4) is 0 Å². The Kier molecular flexibility index (Phi) is 2.45. The lowest BCUT2D eigenvalue weighted by molar-refractivity contribution is 0.520. The van der Waals surface area contributed by atoms with E-state index in [9.17, 15) is 0 Å². The van der Waals surface area contributed by atoms with Crippen LogP contribution in [0.5, 0.6) is 0 Å². The van der Waals surface area contributed by atoms with Gasteiger partial charge >= 0.3 is 0 Å². The van der Waals surface area contributed by atoms with E-state index < -0.39 is 0 Å². The van der Waals surface area contributed by atoms with Gasteiger partial charge in [0.2, 0.25) is 0 Å². The Hall–Kier alpha value is -1.09. The Balaban J connectivity index is 1.82. The summed E-state index contributed by atoms with van der Waals surface area (Å²) in [5.74, 6) is 0. The van der Waals surface area contributed by atoms with Crippen molar-refractivity contribution in [2.45, 2.75) is 25.4 Å². The van der Waals surface area contributed by atoms with Gasteiger partial charge in [-0.25, -0.2) is 0 Å². The van der Waals surface area contributed by atoms with E-state index in [0.29, 0.717) is 6.04 Å². The summed E-state index contributed by atoms with van der Waals surface area (Å²) in [6, 6.07) is 2.69. The van der Waals surface area contributed by atoms with Gasteiger partial charge in [-0.3, -0.25) is 4.68 Å². The van der Waals surface area contributed by atoms with Crippen molar-refractivity contribution in [2.75, 3.05) is 0 Å². The molecule has 1 N–H and O–H groups in total. The summed E-state index contributed by atoms with van der Waals surface area (Å²) in [7, 11) is 1.98. The third kappa shape index (κ3) is 1.98. The van der Waals surface area contributed by atoms with Crippen molar-refractivity contribution in [3.63, 3.8) is 0 Å². The molecular formula is C10H15N3. The van der Waals surface area contributed by atoms with Gasteiger partial charge in [-0.05, 0) is 18.9 Å². The fourth-order valence-corrected chi connectivity index (χ4v) is 1.61. The molecule has 0 saturated carbocycles. The number of nitrogens with zero attached hydrogens (tertiary/aromatic N) is 2. The van der Waals surface area contributed by atoms with Gasteiger partial charge in [-0.1, -0.05) is 12.2 Å². The van der Waals surface area contributed by atoms with Crippen LogP contribution < -0.4 is 5.32 Å². The maximum Gasteiger partial charge on any atom is 0.0518 e. The van der Waals surface area contributed by atoms with Crippen LogP contribution >= 0.6 is 0 Å². The Morgan fingerprint density at radius 3 is 2.92 bits per heavy atom. The summed E-state index contributed by atoms with van der Waals surface area (Å²) in [5, 5.41) is 7.62. The highest BCUT2D eigenvalue weighted by Gasteiger charge is 2.09. The summed E-state index contributed by atoms with van der Waals surface area (Å²) < 4.78 is 1.91. The third-order valence-corrected chi connectivity index (χ3v) is 2.50. The lowest BCUT2D eigenvalue weighted by Gasteiger charge is -2.11. The molecule has 0 spiro atoms. The predicted octanol–water partition coefficient (Wildman–Crippen LogP) is 1.23. The number of aromatic nitrogens is 2. The molecule has 1 aromatic heterocycles. The van der Waals surface area contributed by atoms with Crippen molar-refractivity contribution in [3.05, 3.63) is 30.1 Å². The van der Waals surface area contributed by atoms with Crippen LogP contribution in [0.15, 0.2) is 24.4 Å². The molecule has 0 aromatic carbocycles. The zero-order valence-electron chi connectivity index (χ0n) is 7.90. The second-order valence-electron chi connectivity index (χ2n) is 3.47. The van der Waals surface area contributed by atoms with Crippen LogP contribution in [0.2, 0.25) is 0 Å². The number of hydrogen-bond donors (Lipinski definition) is 1. The second-order valence-corrected chi connectivity index (χ2v) is 3.47. The van der Waals surface area contributed by atoms with Crippen molar-refractivity contribution in [3.8, 4) is 0 Å². The Bertz CT molecular complexity index is 293. The summed E-state index contributed by atoms with van der Waals surface area (Å²) in [4.78, 5) is 0. The first kappa shape index (κ1) is 8.51. The Morgan fingerprint density at radius 2 is 2.31 bits per heavy atom. The maximum atomic E-state index is 4.12. The molecule has 0 aliphatic heterocycles. The van der Waals surface area contributed by atoms with Crippen molar-refractivity contribution in [1.29, 1.82) is 0 Å². The number of rotatable bonds is 3. The maximum absolute atomic E-state index is 4.12. The molecule has 0 fully saturated rings. The van der Waals surface area contributed by atoms with Crippen LogP contribution in [0, 0.1) is 0 Å². The van der Waals surface area contributed by atoms with E-state index in [0.717, 1.165) is 19.4 Å². The van der Waals surface area contributed by atoms with E-state index in [1.165, 1.54) is 5.69 Å². The normalized spacial score (nSPS) is 17.0. The molecule has 1 aliphatic rings. The molecule has 1 aromatic rings. The van der Waals surface area contributed by atoms with Crippen molar-refractivity contribution < 1.29 is 0 Å². The minimum absolute atomic E-state index is 0.634. The van der Waals surface area contributed by atoms with Crippen molar-refractivity contribution >= 4 is 0 Å². The highest BCUT2D eigenvalue weighted by molar-refractivity contribution is 5.02. The first-order valence-electron chi connectivity index (χ1n) is 4.71. The third-order valence-electron chi connectivity index (χ3n) is 2.50. The van der Waals surface area contributed by atoms with Gasteiger partial charge in [0.05, 0.1) is 5.69 Å². The van der Waals surface area contributed by atoms with E-state index in [1.807, 2.05) is 17.9 Å². The summed E-state index contributed by atoms with van der Waals surface area (Å²) in [5.41, 5.74) is 1.24. The Morgan fingerprint density at radius 1 is 1.54 bits per heavy atom. The van der Waals surface area contributed by atoms with Gasteiger partial charge in [0.15, 0.2) is 0 Å². The second kappa shape index (κ2) is 3.75. The fourth-order valence-electron chi connectivity index (χ4n) is 1.61. The van der Waals surface area contributed by atoms with E-state index in [4.69, 9.17) is 0 Å². The molecular weight excluding hydrogens is 162 g/mol. The molecule has 0 bridgehead atoms. The molecule has 3 heteroatoms. The fraction of sp³-hybridized carbons (Fsp3) is 0.500.